The fraction of sp³-hybridized carbons (Fsp3) is 0.500. The average molecular weight is 631 g/mol. The monoisotopic (exact) mass is 630 g/mol. The first kappa shape index (κ1) is 31.5. The van der Waals surface area contributed by atoms with Gasteiger partial charge in [0.2, 0.25) is 0 Å². The number of carboxylic acid groups (broad SMARTS) is 1. The Bertz CT molecular complexity index is 1540. The van der Waals surface area contributed by atoms with E-state index in [-0.39, 0.29) is 36.9 Å². The van der Waals surface area contributed by atoms with Gasteiger partial charge in [-0.2, -0.15) is 0 Å². The lowest BCUT2D eigenvalue weighted by molar-refractivity contribution is -0.147. The Morgan fingerprint density at radius 3 is 2.66 bits per heavy atom. The van der Waals surface area contributed by atoms with Gasteiger partial charge in [0.25, 0.3) is 0 Å². The number of fused-ring (bicyclic) bond motifs is 1. The Hall–Kier alpha value is -3.91. The second kappa shape index (κ2) is 11.9. The predicted octanol–water partition coefficient (Wildman–Crippen LogP) is 3.56. The normalized spacial score (nSPS) is 22.6. The molecule has 0 bridgehead atoms. The fourth-order valence-corrected chi connectivity index (χ4v) is 6.69. The summed E-state index contributed by atoms with van der Waals surface area (Å²) in [4.78, 5) is 53.2. The van der Waals surface area contributed by atoms with Gasteiger partial charge in [0.05, 0.1) is 23.1 Å². The first-order chi connectivity index (χ1) is 20.8. The molecule has 2 fully saturated rings. The van der Waals surface area contributed by atoms with E-state index in [0.717, 1.165) is 6.07 Å². The number of hydrogen-bond donors (Lipinski definition) is 2. The van der Waals surface area contributed by atoms with Gasteiger partial charge in [0.15, 0.2) is 22.5 Å². The molecule has 1 aromatic carbocycles. The molecule has 236 valence electrons. The van der Waals surface area contributed by atoms with Crippen LogP contribution in [0.5, 0.6) is 0 Å². The summed E-state index contributed by atoms with van der Waals surface area (Å²) in [6.45, 7) is 10.4. The highest BCUT2D eigenvalue weighted by Gasteiger charge is 2.51. The third-order valence-corrected chi connectivity index (χ3v) is 9.15. The van der Waals surface area contributed by atoms with E-state index in [2.05, 4.69) is 15.2 Å². The minimum atomic E-state index is -1.11. The number of amidine groups is 1. The van der Waals surface area contributed by atoms with Crippen molar-refractivity contribution in [2.45, 2.75) is 46.2 Å². The molecule has 3 aliphatic rings. The van der Waals surface area contributed by atoms with Crippen molar-refractivity contribution in [3.8, 4) is 0 Å². The summed E-state index contributed by atoms with van der Waals surface area (Å²) in [6.07, 6.45) is 1.63. The second-order valence-corrected chi connectivity index (χ2v) is 13.1. The number of aliphatic imine (C=N–C) groups is 1. The van der Waals surface area contributed by atoms with Gasteiger partial charge in [-0.05, 0) is 51.8 Å². The summed E-state index contributed by atoms with van der Waals surface area (Å²) in [5, 5.41) is 15.3. The average Bonchev–Trinajstić information content (AvgIpc) is 3.57. The number of rotatable bonds is 9. The number of esters is 1. The topological polar surface area (TPSA) is 128 Å². The van der Waals surface area contributed by atoms with Crippen LogP contribution in [0.3, 0.4) is 0 Å². The molecule has 0 saturated carbocycles. The number of amides is 2. The van der Waals surface area contributed by atoms with E-state index in [1.165, 1.54) is 24.3 Å². The molecular formula is C30H36F2N6O5S. The van der Waals surface area contributed by atoms with Crippen molar-refractivity contribution in [3.63, 3.8) is 0 Å². The first-order valence-corrected chi connectivity index (χ1v) is 15.3. The van der Waals surface area contributed by atoms with Crippen molar-refractivity contribution in [2.75, 3.05) is 45.9 Å². The van der Waals surface area contributed by atoms with Gasteiger partial charge in [0.1, 0.15) is 6.04 Å². The lowest BCUT2D eigenvalue weighted by Gasteiger charge is -2.44. The number of carboxylic acids is 1. The van der Waals surface area contributed by atoms with Crippen LogP contribution in [0.1, 0.15) is 49.9 Å². The van der Waals surface area contributed by atoms with Crippen molar-refractivity contribution in [1.29, 1.82) is 0 Å². The van der Waals surface area contributed by atoms with Crippen LogP contribution in [0.15, 0.2) is 40.0 Å². The lowest BCUT2D eigenvalue weighted by Crippen LogP contribution is -2.60. The molecule has 2 aromatic rings. The fourth-order valence-electron chi connectivity index (χ4n) is 6.10. The highest BCUT2D eigenvalue weighted by atomic mass is 32.1. The minimum absolute atomic E-state index is 0.0373. The summed E-state index contributed by atoms with van der Waals surface area (Å²) >= 11 is 1.34. The van der Waals surface area contributed by atoms with E-state index in [4.69, 9.17) is 9.73 Å². The summed E-state index contributed by atoms with van der Waals surface area (Å²) in [5.74, 6) is -3.23. The number of nitrogens with zero attached hydrogens (tertiary/aromatic N) is 5. The van der Waals surface area contributed by atoms with E-state index in [1.807, 2.05) is 6.92 Å². The smallest absolute Gasteiger partial charge is 0.338 e. The number of piperazine rings is 1. The summed E-state index contributed by atoms with van der Waals surface area (Å²) in [5.41, 5.74) is -0.676. The van der Waals surface area contributed by atoms with Gasteiger partial charge in [0, 0.05) is 56.5 Å². The van der Waals surface area contributed by atoms with Gasteiger partial charge < -0.3 is 25.0 Å². The molecule has 2 amide bonds. The molecule has 1 aromatic heterocycles. The first-order valence-electron chi connectivity index (χ1n) is 14.4. The molecular weight excluding hydrogens is 594 g/mol. The number of ether oxygens (including phenoxy) is 1. The molecule has 0 radical (unpaired) electrons. The van der Waals surface area contributed by atoms with E-state index in [1.54, 1.807) is 42.1 Å². The molecule has 2 atom stereocenters. The minimum Gasteiger partial charge on any atom is -0.481 e. The molecule has 2 unspecified atom stereocenters. The van der Waals surface area contributed by atoms with E-state index < -0.39 is 40.6 Å². The van der Waals surface area contributed by atoms with Gasteiger partial charge >= 0.3 is 18.0 Å². The number of halogens is 2. The summed E-state index contributed by atoms with van der Waals surface area (Å²) in [6, 6.07) is 1.27. The number of nitrogens with one attached hydrogen (secondary N) is 1. The largest absolute Gasteiger partial charge is 0.481 e. The summed E-state index contributed by atoms with van der Waals surface area (Å²) in [7, 11) is 0. The number of hydrogen-bond acceptors (Lipinski definition) is 9. The maximum absolute atomic E-state index is 14.8. The Labute approximate surface area is 258 Å². The van der Waals surface area contributed by atoms with E-state index in [9.17, 15) is 28.3 Å². The summed E-state index contributed by atoms with van der Waals surface area (Å²) < 4.78 is 34.3. The third-order valence-electron chi connectivity index (χ3n) is 8.37. The Kier molecular flexibility index (Phi) is 8.51. The van der Waals surface area contributed by atoms with Gasteiger partial charge in [-0.1, -0.05) is 6.07 Å². The number of aromatic nitrogens is 1. The number of urea groups is 1. The zero-order valence-corrected chi connectivity index (χ0v) is 26.1. The van der Waals surface area contributed by atoms with Crippen LogP contribution in [-0.4, -0.2) is 100 Å². The van der Waals surface area contributed by atoms with Crippen molar-refractivity contribution in [3.05, 3.63) is 62.7 Å². The number of thiazole rings is 1. The van der Waals surface area contributed by atoms with Gasteiger partial charge in [-0.3, -0.25) is 14.7 Å². The van der Waals surface area contributed by atoms with Crippen LogP contribution in [-0.2, 0) is 14.3 Å². The maximum Gasteiger partial charge on any atom is 0.338 e. The van der Waals surface area contributed by atoms with Gasteiger partial charge in [-0.25, -0.2) is 23.4 Å². The number of carbonyl (C=O) groups excluding carboxylic acids is 2. The molecule has 2 saturated heterocycles. The molecule has 44 heavy (non-hydrogen) atoms. The van der Waals surface area contributed by atoms with Crippen molar-refractivity contribution in [2.24, 2.45) is 10.4 Å². The molecule has 3 aliphatic heterocycles. The molecule has 5 rings (SSSR count). The Balaban J connectivity index is 1.50. The standard InChI is InChI=1S/C30H36F2N6O5S/c1-6-43-26(39)21-20(13-36-10-11-38-28(42)37(16-30(38,5)15-36)14-29(3,4)27(40)41)34-24(25-33-9-12-44-25)35-23(21)18-7-8-19(31)22(32)17(18)2/h7-9,12,23H,6,10-11,13-16H2,1-5H3,(H,34,35)(H,40,41). The highest BCUT2D eigenvalue weighted by Crippen LogP contribution is 2.37. The second-order valence-electron chi connectivity index (χ2n) is 12.2. The number of benzene rings is 1. The molecule has 4 heterocycles. The van der Waals surface area contributed by atoms with Crippen LogP contribution in [0.4, 0.5) is 13.6 Å². The van der Waals surface area contributed by atoms with E-state index in [0.29, 0.717) is 48.3 Å². The van der Waals surface area contributed by atoms with Crippen LogP contribution >= 0.6 is 11.3 Å². The zero-order chi connectivity index (χ0) is 32.0. The zero-order valence-electron chi connectivity index (χ0n) is 25.3. The maximum atomic E-state index is 14.8. The molecule has 11 nitrogen and oxygen atoms in total. The third kappa shape index (κ3) is 5.80. The van der Waals surface area contributed by atoms with Gasteiger partial charge in [-0.15, -0.1) is 11.3 Å². The number of aliphatic carboxylic acids is 1. The molecule has 2 N–H and O–H groups in total. The van der Waals surface area contributed by atoms with Crippen LogP contribution < -0.4 is 5.32 Å². The van der Waals surface area contributed by atoms with Crippen LogP contribution in [0, 0.1) is 24.0 Å². The number of carbonyl (C=O) groups is 3. The quantitative estimate of drug-likeness (QED) is 0.403. The van der Waals surface area contributed by atoms with Crippen LogP contribution in [0.2, 0.25) is 0 Å². The SMILES string of the molecule is CCOC(=O)C1=C(CN2CCN3C(=O)N(CC(C)(C)C(=O)O)CC3(C)C2)NC(c2nccs2)=NC1c1ccc(F)c(F)c1C. The highest BCUT2D eigenvalue weighted by molar-refractivity contribution is 7.11. The van der Waals surface area contributed by atoms with Crippen molar-refractivity contribution in [1.82, 2.24) is 25.0 Å². The van der Waals surface area contributed by atoms with E-state index >= 15 is 0 Å². The predicted molar refractivity (Wildman–Crippen MR) is 159 cm³/mol. The Morgan fingerprint density at radius 1 is 1.25 bits per heavy atom. The van der Waals surface area contributed by atoms with Crippen LogP contribution in [0.25, 0.3) is 0 Å². The van der Waals surface area contributed by atoms with Crippen molar-refractivity contribution < 1.29 is 33.0 Å². The van der Waals surface area contributed by atoms with Crippen molar-refractivity contribution >= 4 is 35.1 Å². The lowest BCUT2D eigenvalue weighted by atomic mass is 9.91. The molecule has 0 spiro atoms. The molecule has 14 heteroatoms. The Morgan fingerprint density at radius 2 is 2.00 bits per heavy atom. The molecule has 0 aliphatic carbocycles.